The molecule has 2 rings (SSSR count). The lowest BCUT2D eigenvalue weighted by molar-refractivity contribution is -0.163. The van der Waals surface area contributed by atoms with E-state index in [-0.39, 0.29) is 6.42 Å². The average Bonchev–Trinajstić information content (AvgIpc) is 2.81. The van der Waals surface area contributed by atoms with Gasteiger partial charge in [-0.15, -0.1) is 0 Å². The zero-order valence-electron chi connectivity index (χ0n) is 20.0. The Morgan fingerprint density at radius 2 is 1.46 bits per heavy atom. The minimum absolute atomic E-state index is 0.0938. The van der Waals surface area contributed by atoms with Gasteiger partial charge in [-0.25, -0.2) is 4.79 Å². The Morgan fingerprint density at radius 3 is 1.97 bits per heavy atom. The van der Waals surface area contributed by atoms with Crippen LogP contribution in [0.5, 0.6) is 0 Å². The Morgan fingerprint density at radius 1 is 0.914 bits per heavy atom. The van der Waals surface area contributed by atoms with Crippen LogP contribution in [0.3, 0.4) is 0 Å². The highest BCUT2D eigenvalue weighted by molar-refractivity contribution is 6.36. The molecule has 3 atom stereocenters. The van der Waals surface area contributed by atoms with Gasteiger partial charge < -0.3 is 21.5 Å². The van der Waals surface area contributed by atoms with Crippen LogP contribution >= 0.6 is 0 Å². The summed E-state index contributed by atoms with van der Waals surface area (Å²) in [6.07, 6.45) is -0.376. The van der Waals surface area contributed by atoms with Gasteiger partial charge in [0.05, 0.1) is 12.0 Å². The van der Waals surface area contributed by atoms with Crippen molar-refractivity contribution in [2.24, 2.45) is 17.4 Å². The number of nitrogens with two attached hydrogens (primary N) is 2. The Hall–Kier alpha value is -3.85. The molecule has 2 amide bonds. The fraction of sp³-hybridized carbons (Fsp3) is 0.346. The molecule has 2 aromatic carbocycles. The molecule has 0 saturated heterocycles. The van der Waals surface area contributed by atoms with Crippen molar-refractivity contribution in [2.45, 2.75) is 51.3 Å². The Kier molecular flexibility index (Phi) is 9.42. The molecule has 0 heterocycles. The molecule has 0 aliphatic rings. The Bertz CT molecular complexity index is 1060. The van der Waals surface area contributed by atoms with Crippen LogP contribution in [0, 0.1) is 5.92 Å². The highest BCUT2D eigenvalue weighted by Crippen LogP contribution is 2.17. The monoisotopic (exact) mass is 481 g/mol. The topological polar surface area (TPSA) is 159 Å². The molecule has 0 fully saturated rings. The summed E-state index contributed by atoms with van der Waals surface area (Å²) in [7, 11) is 0. The molecule has 0 bridgehead atoms. The molecule has 186 valence electrons. The smallest absolute Gasteiger partial charge is 0.376 e. The van der Waals surface area contributed by atoms with Crippen LogP contribution in [-0.4, -0.2) is 47.0 Å². The number of hydrogen-bond acceptors (Lipinski definition) is 7. The third-order valence-electron chi connectivity index (χ3n) is 5.12. The lowest BCUT2D eigenvalue weighted by Crippen LogP contribution is -2.54. The van der Waals surface area contributed by atoms with Crippen LogP contribution in [0.2, 0.25) is 0 Å². The van der Waals surface area contributed by atoms with Gasteiger partial charge >= 0.3 is 5.97 Å². The summed E-state index contributed by atoms with van der Waals surface area (Å²) in [5.74, 6) is -5.93. The van der Waals surface area contributed by atoms with Crippen molar-refractivity contribution in [1.82, 2.24) is 5.32 Å². The van der Waals surface area contributed by atoms with Crippen molar-refractivity contribution in [1.29, 1.82) is 0 Å². The molecule has 0 aliphatic carbocycles. The molecule has 0 spiro atoms. The summed E-state index contributed by atoms with van der Waals surface area (Å²) in [5, 5.41) is 2.49. The standard InChI is InChI=1S/C26H31N3O6/c1-26(2,3)35-25(34)22(31)21(27)18(15-20(30)17-12-8-5-9-13-17)24(33)29-19(23(28)32)14-16-10-6-4-7-11-16/h4-13,18-19,21H,14-15,27H2,1-3H3,(H2,28,32)(H,29,33). The first-order valence-electron chi connectivity index (χ1n) is 11.1. The Balaban J connectivity index is 2.29. The molecular formula is C26H31N3O6. The van der Waals surface area contributed by atoms with Gasteiger partial charge in [-0.3, -0.25) is 19.2 Å². The van der Waals surface area contributed by atoms with E-state index in [0.29, 0.717) is 5.56 Å². The van der Waals surface area contributed by atoms with Crippen molar-refractivity contribution in [3.8, 4) is 0 Å². The van der Waals surface area contributed by atoms with Crippen LogP contribution in [0.4, 0.5) is 0 Å². The number of benzene rings is 2. The largest absolute Gasteiger partial charge is 0.454 e. The molecule has 0 radical (unpaired) electrons. The molecule has 0 saturated carbocycles. The van der Waals surface area contributed by atoms with Crippen molar-refractivity contribution in [2.75, 3.05) is 0 Å². The summed E-state index contributed by atoms with van der Waals surface area (Å²) in [6.45, 7) is 4.73. The van der Waals surface area contributed by atoms with Crippen LogP contribution in [0.1, 0.15) is 43.1 Å². The molecule has 9 heteroatoms. The number of primary amides is 1. The summed E-state index contributed by atoms with van der Waals surface area (Å²) in [4.78, 5) is 63.1. The highest BCUT2D eigenvalue weighted by atomic mass is 16.6. The van der Waals surface area contributed by atoms with Gasteiger partial charge in [-0.2, -0.15) is 0 Å². The van der Waals surface area contributed by atoms with E-state index in [1.807, 2.05) is 0 Å². The molecule has 0 aliphatic heterocycles. The molecule has 9 nitrogen and oxygen atoms in total. The van der Waals surface area contributed by atoms with Gasteiger partial charge in [0.15, 0.2) is 5.78 Å². The lowest BCUT2D eigenvalue weighted by atomic mass is 9.88. The molecule has 0 aromatic heterocycles. The summed E-state index contributed by atoms with van der Waals surface area (Å²) < 4.78 is 5.08. The SMILES string of the molecule is CC(C)(C)OC(=O)C(=O)C(N)C(CC(=O)c1ccccc1)C(=O)NC(Cc1ccccc1)C(N)=O. The quantitative estimate of drug-likeness (QED) is 0.248. The number of nitrogens with one attached hydrogen (secondary N) is 1. The highest BCUT2D eigenvalue weighted by Gasteiger charge is 2.38. The minimum atomic E-state index is -1.68. The second-order valence-electron chi connectivity index (χ2n) is 9.15. The van der Waals surface area contributed by atoms with Crippen molar-refractivity contribution in [3.63, 3.8) is 0 Å². The summed E-state index contributed by atoms with van der Waals surface area (Å²) >= 11 is 0. The van der Waals surface area contributed by atoms with E-state index in [1.165, 1.54) is 0 Å². The van der Waals surface area contributed by atoms with E-state index >= 15 is 0 Å². The average molecular weight is 482 g/mol. The van der Waals surface area contributed by atoms with Crippen molar-refractivity contribution in [3.05, 3.63) is 71.8 Å². The van der Waals surface area contributed by atoms with Crippen LogP contribution in [0.25, 0.3) is 0 Å². The van der Waals surface area contributed by atoms with E-state index in [1.54, 1.807) is 81.4 Å². The molecule has 35 heavy (non-hydrogen) atoms. The van der Waals surface area contributed by atoms with E-state index in [9.17, 15) is 24.0 Å². The maximum absolute atomic E-state index is 13.2. The second-order valence-corrected chi connectivity index (χ2v) is 9.15. The van der Waals surface area contributed by atoms with Crippen molar-refractivity contribution < 1.29 is 28.7 Å². The summed E-state index contributed by atoms with van der Waals surface area (Å²) in [6, 6.07) is 14.2. The number of Topliss-reactive ketones (excluding diaryl/α,β-unsaturated/α-hetero) is 2. The van der Waals surface area contributed by atoms with E-state index < -0.39 is 59.4 Å². The van der Waals surface area contributed by atoms with Crippen LogP contribution < -0.4 is 16.8 Å². The molecule has 5 N–H and O–H groups in total. The van der Waals surface area contributed by atoms with E-state index in [2.05, 4.69) is 5.32 Å². The zero-order valence-corrected chi connectivity index (χ0v) is 20.0. The molecular weight excluding hydrogens is 450 g/mol. The van der Waals surface area contributed by atoms with Gasteiger partial charge in [-0.1, -0.05) is 60.7 Å². The number of ketones is 2. The van der Waals surface area contributed by atoms with Crippen LogP contribution in [-0.2, 0) is 30.3 Å². The number of hydrogen-bond donors (Lipinski definition) is 3. The van der Waals surface area contributed by atoms with E-state index in [0.717, 1.165) is 5.56 Å². The van der Waals surface area contributed by atoms with Gasteiger partial charge in [-0.05, 0) is 26.3 Å². The second kappa shape index (κ2) is 12.0. The number of ether oxygens (including phenoxy) is 1. The predicted octanol–water partition coefficient (Wildman–Crippen LogP) is 1.33. The zero-order chi connectivity index (χ0) is 26.2. The third kappa shape index (κ3) is 8.46. The van der Waals surface area contributed by atoms with Crippen LogP contribution in [0.15, 0.2) is 60.7 Å². The number of amides is 2. The van der Waals surface area contributed by atoms with Gasteiger partial charge in [0, 0.05) is 18.4 Å². The number of esters is 1. The number of rotatable bonds is 11. The lowest BCUT2D eigenvalue weighted by Gasteiger charge is -2.25. The minimum Gasteiger partial charge on any atom is -0.454 e. The molecule has 2 aromatic rings. The predicted molar refractivity (Wildman–Crippen MR) is 129 cm³/mol. The normalized spacial score (nSPS) is 13.7. The first-order chi connectivity index (χ1) is 16.4. The molecule has 3 unspecified atom stereocenters. The number of carbonyl (C=O) groups excluding carboxylic acids is 5. The Labute approximate surface area is 204 Å². The van der Waals surface area contributed by atoms with Gasteiger partial charge in [0.2, 0.25) is 11.8 Å². The first-order valence-corrected chi connectivity index (χ1v) is 11.1. The van der Waals surface area contributed by atoms with Crippen molar-refractivity contribution >= 4 is 29.4 Å². The third-order valence-corrected chi connectivity index (χ3v) is 5.12. The van der Waals surface area contributed by atoms with Gasteiger partial charge in [0.25, 0.3) is 5.78 Å². The fourth-order valence-corrected chi connectivity index (χ4v) is 3.32. The number of carbonyl (C=O) groups is 5. The van der Waals surface area contributed by atoms with E-state index in [4.69, 9.17) is 16.2 Å². The van der Waals surface area contributed by atoms with Gasteiger partial charge in [0.1, 0.15) is 11.6 Å². The fourth-order valence-electron chi connectivity index (χ4n) is 3.32. The maximum atomic E-state index is 13.2. The summed E-state index contributed by atoms with van der Waals surface area (Å²) in [5.41, 5.74) is 11.6. The first kappa shape index (κ1) is 27.4. The maximum Gasteiger partial charge on any atom is 0.376 e.